The van der Waals surface area contributed by atoms with Crippen LogP contribution < -0.4 is 60.9 Å². The molecule has 44 heteroatoms. The third-order valence-corrected chi connectivity index (χ3v) is 15.4. The van der Waals surface area contributed by atoms with Crippen molar-refractivity contribution in [3.05, 3.63) is 24.8 Å². The zero-order valence-corrected chi connectivity index (χ0v) is 44.0. The fourth-order valence-electron chi connectivity index (χ4n) is 3.69. The van der Waals surface area contributed by atoms with Crippen LogP contribution in [0.1, 0.15) is 12.8 Å². The molecule has 0 aliphatic heterocycles. The van der Waals surface area contributed by atoms with Crippen LogP contribution in [0.3, 0.4) is 0 Å². The molecule has 72 heavy (non-hydrogen) atoms. The molecule has 2 N–H and O–H groups in total. The van der Waals surface area contributed by atoms with E-state index in [1.807, 2.05) is 0 Å². The Bertz CT molecular complexity index is 1900. The maximum Gasteiger partial charge on any atom is 1.00 e. The molecule has 0 radical (unpaired) electrons. The van der Waals surface area contributed by atoms with E-state index < -0.39 is 110 Å². The van der Waals surface area contributed by atoms with Crippen LogP contribution in [0, 0.1) is 0 Å². The van der Waals surface area contributed by atoms with Gasteiger partial charge in [-0.05, 0) is 36.0 Å². The largest absolute Gasteiger partial charge is 1.00 e. The quantitative estimate of drug-likeness (QED) is 0.0610. The first-order valence-corrected chi connectivity index (χ1v) is 25.5. The summed E-state index contributed by atoms with van der Waals surface area (Å²) >= 11 is 2.13. The summed E-state index contributed by atoms with van der Waals surface area (Å²) in [6.07, 6.45) is -11.1. The third-order valence-electron chi connectivity index (χ3n) is 7.85. The summed E-state index contributed by atoms with van der Waals surface area (Å²) in [7, 11) is 5.01. The van der Waals surface area contributed by atoms with Gasteiger partial charge in [-0.15, -0.1) is 0 Å². The van der Waals surface area contributed by atoms with Crippen molar-refractivity contribution < 1.29 is 193 Å². The minimum absolute atomic E-state index is 0. The van der Waals surface area contributed by atoms with Crippen LogP contribution in [0.2, 0.25) is 0 Å². The fraction of sp³-hybridized carbons (Fsp3) is 0.786. The second-order valence-electron chi connectivity index (χ2n) is 12.6. The molecule has 2 atom stereocenters. The number of imidazole rings is 2. The topological polar surface area (TPSA) is 138 Å². The van der Waals surface area contributed by atoms with Crippen LogP contribution in [-0.2, 0) is 32.3 Å². The molecule has 0 aromatic carbocycles. The van der Waals surface area contributed by atoms with E-state index in [1.165, 1.54) is 60.5 Å². The van der Waals surface area contributed by atoms with E-state index in [1.54, 1.807) is 0 Å². The Balaban J connectivity index is -0.000000495. The molecular formula is C28H32ClF26N4NaO6P2S4. The van der Waals surface area contributed by atoms with Crippen molar-refractivity contribution in [3.63, 3.8) is 0 Å². The number of thioether (sulfide) groups is 2. The second kappa shape index (κ2) is 27.5. The summed E-state index contributed by atoms with van der Waals surface area (Å²) in [6, 6.07) is 0. The number of aromatic nitrogens is 4. The zero-order valence-electron chi connectivity index (χ0n) is 36.2. The summed E-state index contributed by atoms with van der Waals surface area (Å²) in [5, 5.41) is 0.111. The van der Waals surface area contributed by atoms with Gasteiger partial charge < -0.3 is 31.2 Å². The Morgan fingerprint density at radius 3 is 0.861 bits per heavy atom. The SMILES string of the molecule is COP(=O)([O-])SC.COP(=O)([O-])SC.C[n+]1cc[nH]c1SCCC(F)(F)C(F)(F)C(F)(F)C(F)(F)C(F)(F)C(F)(F)F.C[n+]1cc[nH]c1SCCC(F)(F)C(F)(F)C(F)(F)C(F)(F)C(F)(F)C(F)(F)F.[Cl-].[Na+]. The van der Waals surface area contributed by atoms with Gasteiger partial charge in [-0.3, -0.25) is 9.13 Å². The summed E-state index contributed by atoms with van der Waals surface area (Å²) in [5.74, 6) is -75.3. The Morgan fingerprint density at radius 1 is 0.486 bits per heavy atom. The molecule has 2 heterocycles. The zero-order chi connectivity index (χ0) is 56.6. The van der Waals surface area contributed by atoms with Gasteiger partial charge in [0.1, 0.15) is 24.8 Å². The maximum absolute atomic E-state index is 13.5. The number of hydrogen-bond donors (Lipinski definition) is 2. The Hall–Kier alpha value is -0.410. The molecule has 0 amide bonds. The number of aryl methyl sites for hydroxylation is 2. The predicted molar refractivity (Wildman–Crippen MR) is 192 cm³/mol. The molecule has 2 unspecified atom stereocenters. The monoisotopic (exact) mass is 1260 g/mol. The van der Waals surface area contributed by atoms with Crippen LogP contribution in [-0.4, -0.2) is 120 Å². The Kier molecular flexibility index (Phi) is 29.8. The standard InChI is InChI=1S/2C12H9F13N2S.2C2H7O3PS.ClH.Na/c2*1-27-4-3-26-6(27)28-5-2-7(13,14)8(15,16)9(17,18)10(19,20)11(21,22)12(23,24)25;2*1-5-6(3,4)7-2;;/h2*3-4H,2,5H2,1H3;2*1-2H3,(H,3,4);1H;/q;;;;;+1/p-1. The maximum atomic E-state index is 13.5. The Morgan fingerprint density at radius 2 is 0.708 bits per heavy atom. The van der Waals surface area contributed by atoms with Gasteiger partial charge in [0.2, 0.25) is 0 Å². The van der Waals surface area contributed by atoms with Crippen molar-refractivity contribution in [2.75, 3.05) is 38.2 Å². The molecule has 0 saturated carbocycles. The van der Waals surface area contributed by atoms with Crippen LogP contribution in [0.5, 0.6) is 0 Å². The van der Waals surface area contributed by atoms with Crippen molar-refractivity contribution in [1.82, 2.24) is 9.97 Å². The van der Waals surface area contributed by atoms with Crippen molar-refractivity contribution in [3.8, 4) is 0 Å². The van der Waals surface area contributed by atoms with Crippen molar-refractivity contribution in [2.45, 2.75) is 94.7 Å². The van der Waals surface area contributed by atoms with Gasteiger partial charge in [0, 0.05) is 38.6 Å². The predicted octanol–water partition coefficient (Wildman–Crippen LogP) is 5.06. The fourth-order valence-corrected chi connectivity index (χ4v) is 6.81. The number of H-pyrrole nitrogens is 2. The molecule has 0 aliphatic rings. The van der Waals surface area contributed by atoms with E-state index in [-0.39, 0.29) is 52.3 Å². The van der Waals surface area contributed by atoms with Gasteiger partial charge in [0.25, 0.3) is 0 Å². The molecule has 0 fully saturated rings. The second-order valence-corrected chi connectivity index (χ2v) is 22.9. The summed E-state index contributed by atoms with van der Waals surface area (Å²) in [6.45, 7) is -6.98. The van der Waals surface area contributed by atoms with Gasteiger partial charge in [-0.2, -0.15) is 114 Å². The number of aromatic amines is 2. The molecule has 0 bridgehead atoms. The number of hydrogen-bond acceptors (Lipinski definition) is 10. The van der Waals surface area contributed by atoms with Crippen molar-refractivity contribution in [1.29, 1.82) is 0 Å². The van der Waals surface area contributed by atoms with E-state index in [0.29, 0.717) is 46.3 Å². The summed E-state index contributed by atoms with van der Waals surface area (Å²) < 4.78 is 366. The molecule has 0 spiro atoms. The minimum atomic E-state index is -7.86. The van der Waals surface area contributed by atoms with Gasteiger partial charge in [-0.25, -0.2) is 19.1 Å². The van der Waals surface area contributed by atoms with E-state index in [9.17, 15) is 133 Å². The Labute approximate surface area is 432 Å². The van der Waals surface area contributed by atoms with Crippen LogP contribution in [0.4, 0.5) is 114 Å². The van der Waals surface area contributed by atoms with E-state index in [0.717, 1.165) is 14.2 Å². The molecule has 2 rings (SSSR count). The number of nitrogens with one attached hydrogen (secondary N) is 2. The van der Waals surface area contributed by atoms with Crippen LogP contribution in [0.25, 0.3) is 0 Å². The third kappa shape index (κ3) is 17.8. The summed E-state index contributed by atoms with van der Waals surface area (Å²) in [5.41, 5.74) is 0. The van der Waals surface area contributed by atoms with E-state index in [4.69, 9.17) is 0 Å². The van der Waals surface area contributed by atoms with Crippen molar-refractivity contribution >= 4 is 59.9 Å². The summed E-state index contributed by atoms with van der Waals surface area (Å²) in [4.78, 5) is 25.1. The first-order chi connectivity index (χ1) is 30.7. The molecule has 2 aromatic rings. The van der Waals surface area contributed by atoms with Crippen LogP contribution in [0.15, 0.2) is 35.1 Å². The van der Waals surface area contributed by atoms with E-state index >= 15 is 0 Å². The molecular weight excluding hydrogens is 1230 g/mol. The van der Waals surface area contributed by atoms with Gasteiger partial charge in [0.15, 0.2) is 13.6 Å². The average molecular weight is 1260 g/mol. The van der Waals surface area contributed by atoms with E-state index in [2.05, 4.69) is 19.0 Å². The van der Waals surface area contributed by atoms with Crippen LogP contribution >= 0.6 is 59.9 Å². The number of halogens is 27. The van der Waals surface area contributed by atoms with Gasteiger partial charge in [-0.1, -0.05) is 22.8 Å². The molecule has 0 saturated heterocycles. The van der Waals surface area contributed by atoms with Gasteiger partial charge in [0.05, 0.1) is 14.1 Å². The number of nitrogens with zero attached hydrogens (tertiary/aromatic N) is 2. The molecule has 2 aromatic heterocycles. The smallest absolute Gasteiger partial charge is 1.00 e. The van der Waals surface area contributed by atoms with Crippen molar-refractivity contribution in [2.24, 2.45) is 14.1 Å². The molecule has 0 aliphatic carbocycles. The van der Waals surface area contributed by atoms with Gasteiger partial charge >= 0.3 is 111 Å². The first kappa shape index (κ1) is 78.1. The number of alkyl halides is 26. The number of rotatable bonds is 20. The molecule has 10 nitrogen and oxygen atoms in total. The molecule has 424 valence electrons. The average Bonchev–Trinajstić information content (AvgIpc) is 3.82. The normalized spacial score (nSPS) is 15.5. The first-order valence-electron chi connectivity index (χ1n) is 16.8. The minimum Gasteiger partial charge on any atom is -1.00 e.